The highest BCUT2D eigenvalue weighted by atomic mass is 32.2. The molecular weight excluding hydrogens is 409 g/mol. The number of benzene rings is 3. The van der Waals surface area contributed by atoms with Gasteiger partial charge in [0, 0.05) is 11.3 Å². The maximum atomic E-state index is 13.0. The molecule has 0 aliphatic carbocycles. The maximum Gasteiger partial charge on any atom is 0.269 e. The molecule has 0 aliphatic heterocycles. The zero-order valence-corrected chi connectivity index (χ0v) is 16.4. The van der Waals surface area contributed by atoms with Gasteiger partial charge in [0.15, 0.2) is 0 Å². The van der Waals surface area contributed by atoms with Crippen LogP contribution in [0.3, 0.4) is 0 Å². The summed E-state index contributed by atoms with van der Waals surface area (Å²) in [5.41, 5.74) is 5.55. The van der Waals surface area contributed by atoms with Crippen molar-refractivity contribution in [2.45, 2.75) is 11.3 Å². The first-order valence-corrected chi connectivity index (χ1v) is 10.3. The van der Waals surface area contributed by atoms with Gasteiger partial charge in [-0.15, -0.1) is 0 Å². The summed E-state index contributed by atoms with van der Waals surface area (Å²) >= 11 is 0. The van der Waals surface area contributed by atoms with Crippen molar-refractivity contribution in [2.24, 2.45) is 0 Å². The number of amides is 2. The smallest absolute Gasteiger partial charge is 0.269 e. The number of nitrogens with one attached hydrogen (secondary N) is 3. The van der Waals surface area contributed by atoms with E-state index in [4.69, 9.17) is 0 Å². The van der Waals surface area contributed by atoms with Crippen LogP contribution in [0.1, 0.15) is 15.9 Å². The molecule has 9 heteroatoms. The third-order valence-electron chi connectivity index (χ3n) is 4.03. The number of sulfonamides is 1. The first kappa shape index (κ1) is 21.0. The van der Waals surface area contributed by atoms with Gasteiger partial charge in [-0.25, -0.2) is 12.8 Å². The summed E-state index contributed by atoms with van der Waals surface area (Å²) < 4.78 is 40.3. The van der Waals surface area contributed by atoms with E-state index in [1.807, 2.05) is 6.07 Å². The molecule has 0 bridgehead atoms. The molecule has 0 aromatic heterocycles. The van der Waals surface area contributed by atoms with E-state index < -0.39 is 27.7 Å². The molecule has 0 atom stereocenters. The van der Waals surface area contributed by atoms with Gasteiger partial charge in [-0.2, -0.15) is 0 Å². The SMILES string of the molecule is O=C(Cc1ccccc1)NNC(=O)c1cccc(S(=O)(=O)Nc2ccc(F)cc2)c1. The Morgan fingerprint density at radius 1 is 0.833 bits per heavy atom. The summed E-state index contributed by atoms with van der Waals surface area (Å²) in [5.74, 6) is -1.59. The van der Waals surface area contributed by atoms with Crippen molar-refractivity contribution >= 4 is 27.5 Å². The standard InChI is InChI=1S/C21H18FN3O4S/c22-17-9-11-18(12-10-17)25-30(28,29)19-8-4-7-16(14-19)21(27)24-23-20(26)13-15-5-2-1-3-6-15/h1-12,14,25H,13H2,(H,23,26)(H,24,27). The Bertz CT molecular complexity index is 1150. The van der Waals surface area contributed by atoms with Crippen LogP contribution in [0, 0.1) is 5.82 Å². The number of halogens is 1. The monoisotopic (exact) mass is 427 g/mol. The molecule has 0 saturated carbocycles. The van der Waals surface area contributed by atoms with Crippen molar-refractivity contribution in [3.8, 4) is 0 Å². The van der Waals surface area contributed by atoms with Gasteiger partial charge in [0.2, 0.25) is 5.91 Å². The maximum absolute atomic E-state index is 13.0. The third kappa shape index (κ3) is 5.65. The van der Waals surface area contributed by atoms with E-state index in [0.29, 0.717) is 0 Å². The minimum atomic E-state index is -3.99. The lowest BCUT2D eigenvalue weighted by atomic mass is 10.1. The van der Waals surface area contributed by atoms with Gasteiger partial charge < -0.3 is 0 Å². The Labute approximate surface area is 173 Å². The Morgan fingerprint density at radius 2 is 1.53 bits per heavy atom. The van der Waals surface area contributed by atoms with Crippen LogP contribution in [0.2, 0.25) is 0 Å². The number of carbonyl (C=O) groups excluding carboxylic acids is 2. The number of carbonyl (C=O) groups is 2. The van der Waals surface area contributed by atoms with E-state index in [9.17, 15) is 22.4 Å². The van der Waals surface area contributed by atoms with Crippen molar-refractivity contribution in [1.29, 1.82) is 0 Å². The predicted octanol–water partition coefficient (Wildman–Crippen LogP) is 2.63. The second kappa shape index (κ2) is 9.19. The Balaban J connectivity index is 1.64. The molecule has 0 aliphatic rings. The van der Waals surface area contributed by atoms with E-state index in [0.717, 1.165) is 17.7 Å². The molecule has 0 fully saturated rings. The fraction of sp³-hybridized carbons (Fsp3) is 0.0476. The first-order valence-electron chi connectivity index (χ1n) is 8.85. The predicted molar refractivity (Wildman–Crippen MR) is 109 cm³/mol. The van der Waals surface area contributed by atoms with Crippen LogP contribution in [-0.2, 0) is 21.2 Å². The van der Waals surface area contributed by atoms with E-state index in [1.54, 1.807) is 24.3 Å². The van der Waals surface area contributed by atoms with Gasteiger partial charge in [-0.05, 0) is 48.0 Å². The average Bonchev–Trinajstić information content (AvgIpc) is 2.74. The quantitative estimate of drug-likeness (QED) is 0.526. The number of anilines is 1. The van der Waals surface area contributed by atoms with Crippen LogP contribution in [0.25, 0.3) is 0 Å². The van der Waals surface area contributed by atoms with Gasteiger partial charge in [0.05, 0.1) is 11.3 Å². The average molecular weight is 427 g/mol. The molecule has 0 spiro atoms. The number of hydrazine groups is 1. The lowest BCUT2D eigenvalue weighted by Crippen LogP contribution is -2.42. The summed E-state index contributed by atoms with van der Waals surface area (Å²) in [6, 6.07) is 19.1. The van der Waals surface area contributed by atoms with Crippen molar-refractivity contribution < 1.29 is 22.4 Å². The zero-order valence-electron chi connectivity index (χ0n) is 15.6. The van der Waals surface area contributed by atoms with Gasteiger partial charge in [0.1, 0.15) is 5.82 Å². The molecule has 0 saturated heterocycles. The van der Waals surface area contributed by atoms with Gasteiger partial charge >= 0.3 is 0 Å². The van der Waals surface area contributed by atoms with Crippen LogP contribution >= 0.6 is 0 Å². The summed E-state index contributed by atoms with van der Waals surface area (Å²) in [7, 11) is -3.99. The molecule has 3 rings (SSSR count). The van der Waals surface area contributed by atoms with Crippen LogP contribution in [0.4, 0.5) is 10.1 Å². The van der Waals surface area contributed by atoms with E-state index in [2.05, 4.69) is 15.6 Å². The second-order valence-electron chi connectivity index (χ2n) is 6.30. The molecular formula is C21H18FN3O4S. The summed E-state index contributed by atoms with van der Waals surface area (Å²) in [4.78, 5) is 24.1. The van der Waals surface area contributed by atoms with Crippen molar-refractivity contribution in [2.75, 3.05) is 4.72 Å². The molecule has 0 unspecified atom stereocenters. The first-order chi connectivity index (χ1) is 14.3. The zero-order chi connectivity index (χ0) is 21.6. The minimum Gasteiger partial charge on any atom is -0.280 e. The molecule has 0 radical (unpaired) electrons. The number of hydrogen-bond donors (Lipinski definition) is 3. The second-order valence-corrected chi connectivity index (χ2v) is 7.99. The molecule has 3 aromatic rings. The Morgan fingerprint density at radius 3 is 2.23 bits per heavy atom. The van der Waals surface area contributed by atoms with Crippen molar-refractivity contribution in [3.63, 3.8) is 0 Å². The minimum absolute atomic E-state index is 0.0389. The fourth-order valence-electron chi connectivity index (χ4n) is 2.56. The van der Waals surface area contributed by atoms with E-state index in [-0.39, 0.29) is 22.6 Å². The van der Waals surface area contributed by atoms with E-state index >= 15 is 0 Å². The van der Waals surface area contributed by atoms with Crippen LogP contribution in [-0.4, -0.2) is 20.2 Å². The molecule has 0 heterocycles. The highest BCUT2D eigenvalue weighted by Gasteiger charge is 2.17. The Kier molecular flexibility index (Phi) is 6.43. The van der Waals surface area contributed by atoms with Crippen LogP contribution in [0.15, 0.2) is 83.8 Å². The third-order valence-corrected chi connectivity index (χ3v) is 5.40. The van der Waals surface area contributed by atoms with E-state index in [1.165, 1.54) is 36.4 Å². The highest BCUT2D eigenvalue weighted by Crippen LogP contribution is 2.17. The molecule has 2 amide bonds. The van der Waals surface area contributed by atoms with Gasteiger partial charge in [0.25, 0.3) is 15.9 Å². The lowest BCUT2D eigenvalue weighted by Gasteiger charge is -2.10. The van der Waals surface area contributed by atoms with Crippen molar-refractivity contribution in [1.82, 2.24) is 10.9 Å². The lowest BCUT2D eigenvalue weighted by molar-refractivity contribution is -0.121. The molecule has 3 aromatic carbocycles. The summed E-state index contributed by atoms with van der Waals surface area (Å²) in [6.07, 6.45) is 0.0805. The van der Waals surface area contributed by atoms with Crippen LogP contribution < -0.4 is 15.6 Å². The van der Waals surface area contributed by atoms with Crippen LogP contribution in [0.5, 0.6) is 0 Å². The number of hydrogen-bond acceptors (Lipinski definition) is 4. The Hall–Kier alpha value is -3.72. The molecule has 7 nitrogen and oxygen atoms in total. The van der Waals surface area contributed by atoms with Gasteiger partial charge in [-0.3, -0.25) is 25.2 Å². The largest absolute Gasteiger partial charge is 0.280 e. The molecule has 30 heavy (non-hydrogen) atoms. The summed E-state index contributed by atoms with van der Waals surface area (Å²) in [5, 5.41) is 0. The highest BCUT2D eigenvalue weighted by molar-refractivity contribution is 7.92. The normalized spacial score (nSPS) is 10.8. The summed E-state index contributed by atoms with van der Waals surface area (Å²) in [6.45, 7) is 0. The topological polar surface area (TPSA) is 104 Å². The van der Waals surface area contributed by atoms with Gasteiger partial charge in [-0.1, -0.05) is 36.4 Å². The molecule has 3 N–H and O–H groups in total. The fourth-order valence-corrected chi connectivity index (χ4v) is 3.66. The molecule has 154 valence electrons. The van der Waals surface area contributed by atoms with Crippen molar-refractivity contribution in [3.05, 3.63) is 95.8 Å². The number of rotatable bonds is 6.